The van der Waals surface area contributed by atoms with Crippen molar-refractivity contribution in [2.45, 2.75) is 6.92 Å². The Kier molecular flexibility index (Phi) is 3.19. The van der Waals surface area contributed by atoms with Crippen LogP contribution in [0.4, 0.5) is 5.69 Å². The zero-order valence-corrected chi connectivity index (χ0v) is 12.1. The summed E-state index contributed by atoms with van der Waals surface area (Å²) in [6.45, 7) is 1.86. The van der Waals surface area contributed by atoms with Gasteiger partial charge in [0.15, 0.2) is 5.65 Å². The number of nitrogens with zero attached hydrogens (tertiary/aromatic N) is 4. The van der Waals surface area contributed by atoms with E-state index in [0.29, 0.717) is 16.9 Å². The summed E-state index contributed by atoms with van der Waals surface area (Å²) in [6.07, 6.45) is 6.52. The van der Waals surface area contributed by atoms with Gasteiger partial charge in [-0.3, -0.25) is 9.78 Å². The molecule has 0 aliphatic heterocycles. The predicted octanol–water partition coefficient (Wildman–Crippen LogP) is 2.45. The van der Waals surface area contributed by atoms with Gasteiger partial charge in [-0.15, -0.1) is 0 Å². The minimum Gasteiger partial charge on any atom is -0.321 e. The van der Waals surface area contributed by atoms with Gasteiger partial charge in [0, 0.05) is 24.3 Å². The first-order valence-corrected chi connectivity index (χ1v) is 6.66. The van der Waals surface area contributed by atoms with Crippen LogP contribution in [0.1, 0.15) is 16.1 Å². The number of aryl methyl sites for hydroxylation is 1. The lowest BCUT2D eigenvalue weighted by Gasteiger charge is -2.06. The van der Waals surface area contributed by atoms with E-state index < -0.39 is 0 Å². The summed E-state index contributed by atoms with van der Waals surface area (Å²) in [5.41, 5.74) is 2.43. The monoisotopic (exact) mass is 331 g/mol. The summed E-state index contributed by atoms with van der Waals surface area (Å²) in [6, 6.07) is 3.55. The highest BCUT2D eigenvalue weighted by Gasteiger charge is 2.15. The molecule has 0 bridgehead atoms. The van der Waals surface area contributed by atoms with E-state index in [9.17, 15) is 4.79 Å². The first kappa shape index (κ1) is 12.7. The van der Waals surface area contributed by atoms with Crippen molar-refractivity contribution in [3.63, 3.8) is 0 Å². The quantitative estimate of drug-likeness (QED) is 0.782. The van der Waals surface area contributed by atoms with Crippen LogP contribution in [0.25, 0.3) is 5.65 Å². The number of anilines is 1. The van der Waals surface area contributed by atoms with Crippen LogP contribution in [-0.4, -0.2) is 25.5 Å². The molecule has 6 nitrogen and oxygen atoms in total. The lowest BCUT2D eigenvalue weighted by molar-refractivity contribution is 0.102. The fraction of sp³-hybridized carbons (Fsp3) is 0.0769. The van der Waals surface area contributed by atoms with Crippen molar-refractivity contribution < 1.29 is 4.79 Å². The highest BCUT2D eigenvalue weighted by atomic mass is 79.9. The molecule has 0 unspecified atom stereocenters. The minimum atomic E-state index is -0.259. The van der Waals surface area contributed by atoms with E-state index in [1.54, 1.807) is 35.2 Å². The number of carbonyl (C=O) groups excluding carboxylic acids is 1. The fourth-order valence-corrected chi connectivity index (χ4v) is 2.13. The summed E-state index contributed by atoms with van der Waals surface area (Å²) in [5, 5.41) is 6.92. The number of carbonyl (C=O) groups is 1. The number of amides is 1. The topological polar surface area (TPSA) is 72.2 Å². The molecule has 0 saturated heterocycles. The Morgan fingerprint density at radius 3 is 3.05 bits per heavy atom. The van der Waals surface area contributed by atoms with Gasteiger partial charge in [0.2, 0.25) is 0 Å². The number of pyridine rings is 1. The van der Waals surface area contributed by atoms with Gasteiger partial charge < -0.3 is 5.32 Å². The van der Waals surface area contributed by atoms with E-state index in [0.717, 1.165) is 10.2 Å². The van der Waals surface area contributed by atoms with Crippen LogP contribution in [0.5, 0.6) is 0 Å². The summed E-state index contributed by atoms with van der Waals surface area (Å²) in [5.74, 6) is -0.259. The van der Waals surface area contributed by atoms with Crippen LogP contribution in [0.3, 0.4) is 0 Å². The number of hydrogen-bond acceptors (Lipinski definition) is 4. The molecule has 0 saturated carbocycles. The van der Waals surface area contributed by atoms with E-state index in [2.05, 4.69) is 36.3 Å². The second-order valence-corrected chi connectivity index (χ2v) is 5.06. The molecule has 3 rings (SSSR count). The van der Waals surface area contributed by atoms with Gasteiger partial charge in [0.05, 0.1) is 16.4 Å². The molecule has 0 spiro atoms. The average Bonchev–Trinajstić information content (AvgIpc) is 2.87. The van der Waals surface area contributed by atoms with Crippen molar-refractivity contribution >= 4 is 33.2 Å². The molecule has 1 amide bonds. The van der Waals surface area contributed by atoms with E-state index in [1.807, 2.05) is 6.92 Å². The number of hydrogen-bond donors (Lipinski definition) is 1. The molecule has 3 heterocycles. The third-order valence-electron chi connectivity index (χ3n) is 2.76. The molecule has 0 aromatic carbocycles. The van der Waals surface area contributed by atoms with Gasteiger partial charge in [-0.1, -0.05) is 0 Å². The van der Waals surface area contributed by atoms with Crippen LogP contribution in [-0.2, 0) is 0 Å². The van der Waals surface area contributed by atoms with E-state index in [1.165, 1.54) is 6.20 Å². The highest BCUT2D eigenvalue weighted by Crippen LogP contribution is 2.22. The van der Waals surface area contributed by atoms with Gasteiger partial charge in [-0.25, -0.2) is 9.50 Å². The third kappa shape index (κ3) is 2.27. The smallest absolute Gasteiger partial charge is 0.261 e. The standard InChI is InChI=1S/C13H10BrN5O/c1-8-5-11(10(14)7-16-8)18-13(20)9-6-17-19-4-2-3-15-12(9)19/h2-7H,1H3,(H,16,18,20). The molecule has 0 atom stereocenters. The lowest BCUT2D eigenvalue weighted by Crippen LogP contribution is -2.12. The zero-order valence-electron chi connectivity index (χ0n) is 10.5. The summed E-state index contributed by atoms with van der Waals surface area (Å²) < 4.78 is 2.28. The van der Waals surface area contributed by atoms with Crippen molar-refractivity contribution in [2.75, 3.05) is 5.32 Å². The molecule has 0 radical (unpaired) electrons. The van der Waals surface area contributed by atoms with Gasteiger partial charge in [0.1, 0.15) is 5.56 Å². The molecule has 20 heavy (non-hydrogen) atoms. The van der Waals surface area contributed by atoms with E-state index in [-0.39, 0.29) is 5.91 Å². The fourth-order valence-electron chi connectivity index (χ4n) is 1.82. The number of halogens is 1. The van der Waals surface area contributed by atoms with Crippen molar-refractivity contribution in [3.8, 4) is 0 Å². The van der Waals surface area contributed by atoms with E-state index in [4.69, 9.17) is 0 Å². The normalized spacial score (nSPS) is 10.7. The van der Waals surface area contributed by atoms with Crippen molar-refractivity contribution in [1.82, 2.24) is 19.6 Å². The van der Waals surface area contributed by atoms with Crippen molar-refractivity contribution in [2.24, 2.45) is 0 Å². The molecule has 0 fully saturated rings. The largest absolute Gasteiger partial charge is 0.321 e. The molecule has 0 aliphatic carbocycles. The predicted molar refractivity (Wildman–Crippen MR) is 77.6 cm³/mol. The van der Waals surface area contributed by atoms with Gasteiger partial charge in [-0.05, 0) is 35.0 Å². The Balaban J connectivity index is 1.95. The Morgan fingerprint density at radius 1 is 1.35 bits per heavy atom. The molecular formula is C13H10BrN5O. The summed E-state index contributed by atoms with van der Waals surface area (Å²) >= 11 is 3.36. The molecule has 7 heteroatoms. The summed E-state index contributed by atoms with van der Waals surface area (Å²) in [4.78, 5) is 20.6. The first-order chi connectivity index (χ1) is 9.65. The molecule has 1 N–H and O–H groups in total. The molecule has 3 aromatic heterocycles. The molecule has 0 aliphatic rings. The lowest BCUT2D eigenvalue weighted by atomic mass is 10.3. The van der Waals surface area contributed by atoms with Gasteiger partial charge >= 0.3 is 0 Å². The first-order valence-electron chi connectivity index (χ1n) is 5.87. The Labute approximate surface area is 123 Å². The van der Waals surface area contributed by atoms with Crippen LogP contribution < -0.4 is 5.32 Å². The van der Waals surface area contributed by atoms with Crippen molar-refractivity contribution in [3.05, 3.63) is 52.7 Å². The maximum absolute atomic E-state index is 12.3. The number of fused-ring (bicyclic) bond motifs is 1. The van der Waals surface area contributed by atoms with Crippen LogP contribution >= 0.6 is 15.9 Å². The SMILES string of the molecule is Cc1cc(NC(=O)c2cnn3cccnc23)c(Br)cn1. The third-order valence-corrected chi connectivity index (χ3v) is 3.40. The van der Waals surface area contributed by atoms with Gasteiger partial charge in [-0.2, -0.15) is 5.10 Å². The second kappa shape index (κ2) is 5.01. The summed E-state index contributed by atoms with van der Waals surface area (Å²) in [7, 11) is 0. The Bertz CT molecular complexity index is 798. The molecule has 100 valence electrons. The zero-order chi connectivity index (χ0) is 14.1. The maximum atomic E-state index is 12.3. The van der Waals surface area contributed by atoms with Crippen LogP contribution in [0.15, 0.2) is 41.4 Å². The van der Waals surface area contributed by atoms with Crippen LogP contribution in [0, 0.1) is 6.92 Å². The van der Waals surface area contributed by atoms with Crippen molar-refractivity contribution in [1.29, 1.82) is 0 Å². The van der Waals surface area contributed by atoms with Crippen LogP contribution in [0.2, 0.25) is 0 Å². The minimum absolute atomic E-state index is 0.259. The molecular weight excluding hydrogens is 322 g/mol. The number of rotatable bonds is 2. The molecule has 3 aromatic rings. The highest BCUT2D eigenvalue weighted by molar-refractivity contribution is 9.10. The Morgan fingerprint density at radius 2 is 2.20 bits per heavy atom. The Hall–Kier alpha value is -2.28. The number of aromatic nitrogens is 4. The second-order valence-electron chi connectivity index (χ2n) is 4.21. The van der Waals surface area contributed by atoms with E-state index >= 15 is 0 Å². The van der Waals surface area contributed by atoms with Gasteiger partial charge in [0.25, 0.3) is 5.91 Å². The number of nitrogens with one attached hydrogen (secondary N) is 1. The maximum Gasteiger partial charge on any atom is 0.261 e. The average molecular weight is 332 g/mol.